The van der Waals surface area contributed by atoms with E-state index in [0.717, 1.165) is 90.2 Å². The summed E-state index contributed by atoms with van der Waals surface area (Å²) in [7, 11) is 0. The van der Waals surface area contributed by atoms with E-state index in [9.17, 15) is 26.3 Å². The minimum atomic E-state index is -4.56. The summed E-state index contributed by atoms with van der Waals surface area (Å²) >= 11 is 0. The lowest BCUT2D eigenvalue weighted by molar-refractivity contribution is -0.138. The van der Waals surface area contributed by atoms with Crippen LogP contribution in [0, 0.1) is 0 Å². The van der Waals surface area contributed by atoms with Crippen molar-refractivity contribution in [3.8, 4) is 56.7 Å². The van der Waals surface area contributed by atoms with Crippen LogP contribution in [0.5, 0.6) is 0 Å². The Morgan fingerprint density at radius 2 is 0.891 bits per heavy atom. The number of hydrogen-bond donors (Lipinski definition) is 0. The molecular formula is C53H31F6N5. The van der Waals surface area contributed by atoms with E-state index in [1.807, 2.05) is 60.7 Å². The van der Waals surface area contributed by atoms with Crippen molar-refractivity contribution in [1.29, 1.82) is 0 Å². The summed E-state index contributed by atoms with van der Waals surface area (Å²) in [6.07, 6.45) is -7.04. The standard InChI is InChI=1S/C53H31F6N5/c54-52(55,56)39-21-16-33(17-22-39)49-60-50(34-18-23-40(24-19-34)53(57,58)59)62-51(61-49)38-28-37-9-1-3-12-42(37)48(31-38)64-46-15-6-4-13-43(46)44-30-36(20-25-47(44)64)35-10-7-11-41(29-35)63-27-26-32-8-2-5-14-45(32)63/h1-31H. The Kier molecular flexibility index (Phi) is 8.98. The third-order valence-electron chi connectivity index (χ3n) is 11.6. The van der Waals surface area contributed by atoms with Crippen LogP contribution in [0.4, 0.5) is 26.3 Å². The van der Waals surface area contributed by atoms with E-state index in [2.05, 4.69) is 93.1 Å². The summed E-state index contributed by atoms with van der Waals surface area (Å²) in [5.74, 6) is 0.300. The smallest absolute Gasteiger partial charge is 0.317 e. The summed E-state index contributed by atoms with van der Waals surface area (Å²) in [6, 6.07) is 54.2. The van der Waals surface area contributed by atoms with Crippen LogP contribution >= 0.6 is 0 Å². The highest BCUT2D eigenvalue weighted by Gasteiger charge is 2.31. The number of rotatable bonds is 6. The zero-order valence-electron chi connectivity index (χ0n) is 33.4. The van der Waals surface area contributed by atoms with Crippen molar-refractivity contribution in [3.63, 3.8) is 0 Å². The molecule has 0 saturated carbocycles. The Hall–Kier alpha value is -8.05. The van der Waals surface area contributed by atoms with Gasteiger partial charge in [-0.25, -0.2) is 15.0 Å². The van der Waals surface area contributed by atoms with Crippen molar-refractivity contribution in [2.24, 2.45) is 0 Å². The number of hydrogen-bond acceptors (Lipinski definition) is 3. The maximum absolute atomic E-state index is 13.6. The molecule has 0 fully saturated rings. The number of aromatic nitrogens is 5. The minimum Gasteiger partial charge on any atom is -0.317 e. The van der Waals surface area contributed by atoms with Crippen LogP contribution in [-0.4, -0.2) is 24.1 Å². The van der Waals surface area contributed by atoms with Crippen molar-refractivity contribution in [2.45, 2.75) is 12.4 Å². The van der Waals surface area contributed by atoms with Gasteiger partial charge in [-0.05, 0) is 101 Å². The number of halogens is 6. The monoisotopic (exact) mass is 851 g/mol. The number of benzene rings is 8. The molecule has 8 aromatic carbocycles. The second-order valence-electron chi connectivity index (χ2n) is 15.6. The highest BCUT2D eigenvalue weighted by molar-refractivity contribution is 6.12. The summed E-state index contributed by atoms with van der Waals surface area (Å²) in [5, 5.41) is 5.03. The Bertz CT molecular complexity index is 3510. The summed E-state index contributed by atoms with van der Waals surface area (Å²) in [6.45, 7) is 0. The number of alkyl halides is 6. The molecule has 0 unspecified atom stereocenters. The average Bonchev–Trinajstić information content (AvgIpc) is 3.90. The van der Waals surface area contributed by atoms with E-state index in [1.54, 1.807) is 0 Å². The Labute approximate surface area is 361 Å². The molecule has 3 heterocycles. The molecule has 11 rings (SSSR count). The lowest BCUT2D eigenvalue weighted by Gasteiger charge is -2.15. The third-order valence-corrected chi connectivity index (χ3v) is 11.6. The Morgan fingerprint density at radius 1 is 0.359 bits per heavy atom. The van der Waals surface area contributed by atoms with Crippen LogP contribution in [0.25, 0.3) is 100 Å². The largest absolute Gasteiger partial charge is 0.416 e. The first kappa shape index (κ1) is 38.8. The van der Waals surface area contributed by atoms with E-state index in [0.29, 0.717) is 5.56 Å². The summed E-state index contributed by atoms with van der Waals surface area (Å²) in [4.78, 5) is 14.2. The van der Waals surface area contributed by atoms with Gasteiger partial charge in [0, 0.05) is 44.7 Å². The molecule has 0 spiro atoms. The molecule has 0 aliphatic rings. The van der Waals surface area contributed by atoms with E-state index in [4.69, 9.17) is 9.97 Å². The molecular weight excluding hydrogens is 821 g/mol. The fourth-order valence-corrected chi connectivity index (χ4v) is 8.54. The zero-order valence-corrected chi connectivity index (χ0v) is 33.4. The van der Waals surface area contributed by atoms with Crippen LogP contribution in [0.2, 0.25) is 0 Å². The zero-order chi connectivity index (χ0) is 43.7. The molecule has 310 valence electrons. The maximum atomic E-state index is 13.6. The molecule has 3 aromatic heterocycles. The molecule has 0 atom stereocenters. The van der Waals surface area contributed by atoms with Crippen LogP contribution in [0.1, 0.15) is 11.1 Å². The van der Waals surface area contributed by atoms with Crippen LogP contribution in [0.15, 0.2) is 188 Å². The first-order valence-electron chi connectivity index (χ1n) is 20.3. The van der Waals surface area contributed by atoms with E-state index < -0.39 is 23.5 Å². The molecule has 0 radical (unpaired) electrons. The summed E-state index contributed by atoms with van der Waals surface area (Å²) < 4.78 is 85.8. The van der Waals surface area contributed by atoms with Crippen LogP contribution in [0.3, 0.4) is 0 Å². The molecule has 0 bridgehead atoms. The first-order valence-corrected chi connectivity index (χ1v) is 20.3. The lowest BCUT2D eigenvalue weighted by Crippen LogP contribution is -2.05. The molecule has 0 aliphatic heterocycles. The maximum Gasteiger partial charge on any atom is 0.416 e. The molecule has 0 N–H and O–H groups in total. The predicted octanol–water partition coefficient (Wildman–Crippen LogP) is 14.8. The van der Waals surface area contributed by atoms with Crippen LogP contribution < -0.4 is 0 Å². The van der Waals surface area contributed by atoms with Gasteiger partial charge < -0.3 is 9.13 Å². The number of para-hydroxylation sites is 2. The number of fused-ring (bicyclic) bond motifs is 5. The molecule has 0 amide bonds. The lowest BCUT2D eigenvalue weighted by atomic mass is 10.0. The van der Waals surface area contributed by atoms with Gasteiger partial charge in [0.2, 0.25) is 0 Å². The van der Waals surface area contributed by atoms with Gasteiger partial charge in [-0.15, -0.1) is 0 Å². The van der Waals surface area contributed by atoms with Gasteiger partial charge in [0.05, 0.1) is 33.4 Å². The summed E-state index contributed by atoms with van der Waals surface area (Å²) in [5.41, 5.74) is 6.43. The predicted molar refractivity (Wildman–Crippen MR) is 240 cm³/mol. The van der Waals surface area contributed by atoms with Gasteiger partial charge >= 0.3 is 12.4 Å². The highest BCUT2D eigenvalue weighted by Crippen LogP contribution is 2.40. The third kappa shape index (κ3) is 6.82. The van der Waals surface area contributed by atoms with E-state index >= 15 is 0 Å². The second-order valence-corrected chi connectivity index (χ2v) is 15.6. The molecule has 5 nitrogen and oxygen atoms in total. The normalized spacial score (nSPS) is 12.2. The van der Waals surface area contributed by atoms with Crippen molar-refractivity contribution < 1.29 is 26.3 Å². The van der Waals surface area contributed by atoms with Crippen molar-refractivity contribution in [3.05, 3.63) is 199 Å². The van der Waals surface area contributed by atoms with Gasteiger partial charge in [-0.1, -0.05) is 103 Å². The quantitative estimate of drug-likeness (QED) is 0.157. The topological polar surface area (TPSA) is 48.5 Å². The number of nitrogens with zero attached hydrogens (tertiary/aromatic N) is 5. The minimum absolute atomic E-state index is 0.0572. The van der Waals surface area contributed by atoms with Crippen LogP contribution in [-0.2, 0) is 12.4 Å². The highest BCUT2D eigenvalue weighted by atomic mass is 19.4. The molecule has 11 aromatic rings. The fraction of sp³-hybridized carbons (Fsp3) is 0.0377. The average molecular weight is 852 g/mol. The SMILES string of the molecule is FC(F)(F)c1ccc(-c2nc(-c3ccc(C(F)(F)F)cc3)nc(-c3cc(-n4c5ccccc5c5cc(-c6cccc(-n7ccc8ccccc87)c6)ccc54)c4ccccc4c3)n2)cc1. The fourth-order valence-electron chi connectivity index (χ4n) is 8.54. The van der Waals surface area contributed by atoms with E-state index in [1.165, 1.54) is 24.3 Å². The van der Waals surface area contributed by atoms with Gasteiger partial charge in [0.15, 0.2) is 17.5 Å². The van der Waals surface area contributed by atoms with Gasteiger partial charge in [-0.3, -0.25) is 0 Å². The van der Waals surface area contributed by atoms with Crippen molar-refractivity contribution in [2.75, 3.05) is 0 Å². The second kappa shape index (κ2) is 14.8. The first-order chi connectivity index (χ1) is 31.0. The Morgan fingerprint density at radius 3 is 1.55 bits per heavy atom. The van der Waals surface area contributed by atoms with Gasteiger partial charge in [-0.2, -0.15) is 26.3 Å². The molecule has 0 saturated heterocycles. The van der Waals surface area contributed by atoms with E-state index in [-0.39, 0.29) is 28.6 Å². The molecule has 0 aliphatic carbocycles. The molecule has 11 heteroatoms. The van der Waals surface area contributed by atoms with Gasteiger partial charge in [0.1, 0.15) is 0 Å². The van der Waals surface area contributed by atoms with Crippen molar-refractivity contribution >= 4 is 43.5 Å². The molecule has 64 heavy (non-hydrogen) atoms. The van der Waals surface area contributed by atoms with Crippen molar-refractivity contribution in [1.82, 2.24) is 24.1 Å². The van der Waals surface area contributed by atoms with Gasteiger partial charge in [0.25, 0.3) is 0 Å². The Balaban J connectivity index is 1.08.